The van der Waals surface area contributed by atoms with E-state index in [4.69, 9.17) is 9.63 Å². The Bertz CT molecular complexity index is 615. The van der Waals surface area contributed by atoms with Gasteiger partial charge in [-0.1, -0.05) is 24.2 Å². The SMILES string of the molecule is Cc1noc(C)c1CC(C)C(=O)Nc1cccc(CO)c1. The van der Waals surface area contributed by atoms with E-state index in [1.54, 1.807) is 18.2 Å². The van der Waals surface area contributed by atoms with Gasteiger partial charge in [-0.15, -0.1) is 0 Å². The van der Waals surface area contributed by atoms with Gasteiger partial charge in [0.15, 0.2) is 0 Å². The molecular formula is C16H20N2O3. The van der Waals surface area contributed by atoms with E-state index in [1.807, 2.05) is 26.8 Å². The Labute approximate surface area is 124 Å². The molecule has 112 valence electrons. The van der Waals surface area contributed by atoms with Crippen LogP contribution in [0.15, 0.2) is 28.8 Å². The molecule has 0 fully saturated rings. The highest BCUT2D eigenvalue weighted by atomic mass is 16.5. The number of aliphatic hydroxyl groups is 1. The number of benzene rings is 1. The van der Waals surface area contributed by atoms with Crippen molar-refractivity contribution in [1.82, 2.24) is 5.16 Å². The van der Waals surface area contributed by atoms with E-state index in [-0.39, 0.29) is 18.4 Å². The molecule has 1 aromatic heterocycles. The van der Waals surface area contributed by atoms with Crippen molar-refractivity contribution >= 4 is 11.6 Å². The molecule has 1 unspecified atom stereocenters. The first-order valence-corrected chi connectivity index (χ1v) is 6.93. The highest BCUT2D eigenvalue weighted by Gasteiger charge is 2.18. The molecule has 5 nitrogen and oxygen atoms in total. The van der Waals surface area contributed by atoms with Gasteiger partial charge in [-0.2, -0.15) is 0 Å². The molecule has 1 amide bonds. The Balaban J connectivity index is 2.02. The van der Waals surface area contributed by atoms with Crippen LogP contribution in [-0.2, 0) is 17.8 Å². The summed E-state index contributed by atoms with van der Waals surface area (Å²) in [5, 5.41) is 15.9. The van der Waals surface area contributed by atoms with Crippen LogP contribution >= 0.6 is 0 Å². The van der Waals surface area contributed by atoms with Gasteiger partial charge in [-0.3, -0.25) is 4.79 Å². The van der Waals surface area contributed by atoms with Crippen molar-refractivity contribution in [3.63, 3.8) is 0 Å². The molecule has 0 aliphatic rings. The summed E-state index contributed by atoms with van der Waals surface area (Å²) in [6.45, 7) is 5.56. The van der Waals surface area contributed by atoms with Crippen LogP contribution in [0.5, 0.6) is 0 Å². The maximum Gasteiger partial charge on any atom is 0.227 e. The first kappa shape index (κ1) is 15.3. The summed E-state index contributed by atoms with van der Waals surface area (Å²) < 4.78 is 5.11. The lowest BCUT2D eigenvalue weighted by Crippen LogP contribution is -2.22. The van der Waals surface area contributed by atoms with Crippen LogP contribution in [0, 0.1) is 19.8 Å². The zero-order valence-electron chi connectivity index (χ0n) is 12.5. The summed E-state index contributed by atoms with van der Waals surface area (Å²) in [5.74, 6) is 0.499. The summed E-state index contributed by atoms with van der Waals surface area (Å²) >= 11 is 0. The van der Waals surface area contributed by atoms with Crippen LogP contribution in [0.2, 0.25) is 0 Å². The molecule has 0 spiro atoms. The van der Waals surface area contributed by atoms with E-state index in [9.17, 15) is 4.79 Å². The summed E-state index contributed by atoms with van der Waals surface area (Å²) in [7, 11) is 0. The van der Waals surface area contributed by atoms with Crippen molar-refractivity contribution in [2.75, 3.05) is 5.32 Å². The predicted molar refractivity (Wildman–Crippen MR) is 79.8 cm³/mol. The molecule has 0 aliphatic carbocycles. The number of hydrogen-bond donors (Lipinski definition) is 2. The maximum absolute atomic E-state index is 12.2. The molecule has 0 bridgehead atoms. The van der Waals surface area contributed by atoms with Crippen LogP contribution in [0.4, 0.5) is 5.69 Å². The minimum Gasteiger partial charge on any atom is -0.392 e. The lowest BCUT2D eigenvalue weighted by molar-refractivity contribution is -0.119. The van der Waals surface area contributed by atoms with Gasteiger partial charge < -0.3 is 14.9 Å². The highest BCUT2D eigenvalue weighted by molar-refractivity contribution is 5.92. The second-order valence-electron chi connectivity index (χ2n) is 5.26. The molecule has 1 heterocycles. The average Bonchev–Trinajstić information content (AvgIpc) is 2.79. The molecule has 0 radical (unpaired) electrons. The topological polar surface area (TPSA) is 75.4 Å². The number of amides is 1. The van der Waals surface area contributed by atoms with Crippen LogP contribution in [0.1, 0.15) is 29.5 Å². The zero-order chi connectivity index (χ0) is 15.4. The molecule has 1 aromatic carbocycles. The molecular weight excluding hydrogens is 268 g/mol. The zero-order valence-corrected chi connectivity index (χ0v) is 12.5. The number of aliphatic hydroxyl groups excluding tert-OH is 1. The van der Waals surface area contributed by atoms with Crippen LogP contribution in [-0.4, -0.2) is 16.2 Å². The first-order valence-electron chi connectivity index (χ1n) is 6.93. The minimum atomic E-state index is -0.195. The predicted octanol–water partition coefficient (Wildman–Crippen LogP) is 2.60. The number of nitrogens with one attached hydrogen (secondary N) is 1. The molecule has 0 saturated carbocycles. The Morgan fingerprint density at radius 3 is 2.81 bits per heavy atom. The summed E-state index contributed by atoms with van der Waals surface area (Å²) in [6.07, 6.45) is 0.590. The van der Waals surface area contributed by atoms with Gasteiger partial charge in [0.05, 0.1) is 12.3 Å². The summed E-state index contributed by atoms with van der Waals surface area (Å²) in [5.41, 5.74) is 3.28. The Morgan fingerprint density at radius 1 is 1.43 bits per heavy atom. The van der Waals surface area contributed by atoms with Crippen molar-refractivity contribution < 1.29 is 14.4 Å². The van der Waals surface area contributed by atoms with Gasteiger partial charge in [0.2, 0.25) is 5.91 Å². The molecule has 0 saturated heterocycles. The fourth-order valence-corrected chi connectivity index (χ4v) is 2.21. The summed E-state index contributed by atoms with van der Waals surface area (Å²) in [4.78, 5) is 12.2. The largest absolute Gasteiger partial charge is 0.392 e. The molecule has 5 heteroatoms. The van der Waals surface area contributed by atoms with Crippen molar-refractivity contribution in [3.05, 3.63) is 46.8 Å². The number of carbonyl (C=O) groups excluding carboxylic acids is 1. The third kappa shape index (κ3) is 3.70. The normalized spacial score (nSPS) is 12.2. The molecule has 0 aliphatic heterocycles. The lowest BCUT2D eigenvalue weighted by atomic mass is 9.99. The van der Waals surface area contributed by atoms with E-state index in [0.29, 0.717) is 12.1 Å². The fraction of sp³-hybridized carbons (Fsp3) is 0.375. The molecule has 1 atom stereocenters. The molecule has 2 aromatic rings. The molecule has 21 heavy (non-hydrogen) atoms. The number of aryl methyl sites for hydroxylation is 2. The Morgan fingerprint density at radius 2 is 2.19 bits per heavy atom. The van der Waals surface area contributed by atoms with Crippen molar-refractivity contribution in [2.45, 2.75) is 33.8 Å². The van der Waals surface area contributed by atoms with E-state index >= 15 is 0 Å². The van der Waals surface area contributed by atoms with Crippen molar-refractivity contribution in [2.24, 2.45) is 5.92 Å². The molecule has 2 N–H and O–H groups in total. The Kier molecular flexibility index (Phi) is 4.75. The van der Waals surface area contributed by atoms with E-state index in [0.717, 1.165) is 22.6 Å². The smallest absolute Gasteiger partial charge is 0.227 e. The third-order valence-electron chi connectivity index (χ3n) is 3.52. The monoisotopic (exact) mass is 288 g/mol. The highest BCUT2D eigenvalue weighted by Crippen LogP contribution is 2.19. The van der Waals surface area contributed by atoms with E-state index in [1.165, 1.54) is 0 Å². The van der Waals surface area contributed by atoms with Crippen molar-refractivity contribution in [3.8, 4) is 0 Å². The van der Waals surface area contributed by atoms with Gasteiger partial charge in [-0.25, -0.2) is 0 Å². The number of aromatic nitrogens is 1. The number of nitrogens with zero attached hydrogens (tertiary/aromatic N) is 1. The van der Waals surface area contributed by atoms with Gasteiger partial charge in [0, 0.05) is 17.2 Å². The number of anilines is 1. The number of carbonyl (C=O) groups is 1. The van der Waals surface area contributed by atoms with Gasteiger partial charge in [0.1, 0.15) is 5.76 Å². The molecule has 2 rings (SSSR count). The second kappa shape index (κ2) is 6.54. The van der Waals surface area contributed by atoms with Gasteiger partial charge >= 0.3 is 0 Å². The summed E-state index contributed by atoms with van der Waals surface area (Å²) in [6, 6.07) is 7.18. The van der Waals surface area contributed by atoms with Crippen LogP contribution in [0.3, 0.4) is 0 Å². The minimum absolute atomic E-state index is 0.0433. The second-order valence-corrected chi connectivity index (χ2v) is 5.26. The Hall–Kier alpha value is -2.14. The van der Waals surface area contributed by atoms with Gasteiger partial charge in [-0.05, 0) is 38.0 Å². The standard InChI is InChI=1S/C16H20N2O3/c1-10(7-15-11(2)18-21-12(15)3)16(20)17-14-6-4-5-13(8-14)9-19/h4-6,8,10,19H,7,9H2,1-3H3,(H,17,20). The number of rotatable bonds is 5. The van der Waals surface area contributed by atoms with Crippen LogP contribution < -0.4 is 5.32 Å². The lowest BCUT2D eigenvalue weighted by Gasteiger charge is -2.12. The van der Waals surface area contributed by atoms with E-state index < -0.39 is 0 Å². The van der Waals surface area contributed by atoms with E-state index in [2.05, 4.69) is 10.5 Å². The maximum atomic E-state index is 12.2. The van der Waals surface area contributed by atoms with Crippen molar-refractivity contribution in [1.29, 1.82) is 0 Å². The average molecular weight is 288 g/mol. The quantitative estimate of drug-likeness (QED) is 0.886. The third-order valence-corrected chi connectivity index (χ3v) is 3.52. The van der Waals surface area contributed by atoms with Gasteiger partial charge in [0.25, 0.3) is 0 Å². The fourth-order valence-electron chi connectivity index (χ4n) is 2.21. The first-order chi connectivity index (χ1) is 10.0. The van der Waals surface area contributed by atoms with Crippen LogP contribution in [0.25, 0.3) is 0 Å². The number of hydrogen-bond acceptors (Lipinski definition) is 4.